The summed E-state index contributed by atoms with van der Waals surface area (Å²) in [6.07, 6.45) is 0. The predicted octanol–water partition coefficient (Wildman–Crippen LogP) is 6.35. The average Bonchev–Trinajstić information content (AvgIpc) is 2.35. The molecule has 0 spiro atoms. The lowest BCUT2D eigenvalue weighted by Crippen LogP contribution is -1.91. The molecule has 0 nitrogen and oxygen atoms in total. The number of alkyl halides is 1. The second-order valence-corrected chi connectivity index (χ2v) is 5.41. The van der Waals surface area contributed by atoms with Gasteiger partial charge in [0.25, 0.3) is 0 Å². The maximum absolute atomic E-state index is 13.9. The molecule has 18 heavy (non-hydrogen) atoms. The molecule has 94 valence electrons. The fourth-order valence-corrected chi connectivity index (χ4v) is 2.77. The van der Waals surface area contributed by atoms with Gasteiger partial charge >= 0.3 is 0 Å². The van der Waals surface area contributed by atoms with E-state index in [0.29, 0.717) is 26.5 Å². The second kappa shape index (κ2) is 5.79. The number of benzene rings is 2. The first-order chi connectivity index (χ1) is 8.54. The minimum absolute atomic E-state index is 0.277. The first kappa shape index (κ1) is 14.1. The minimum atomic E-state index is -0.318. The lowest BCUT2D eigenvalue weighted by atomic mass is 10.00. The molecule has 0 aliphatic carbocycles. The Kier molecular flexibility index (Phi) is 4.54. The summed E-state index contributed by atoms with van der Waals surface area (Å²) in [5.74, 6) is -0.318. The molecule has 0 amide bonds. The van der Waals surface area contributed by atoms with Gasteiger partial charge in [0.1, 0.15) is 5.82 Å². The molecule has 2 rings (SSSR count). The Hall–Kier alpha value is -0.280. The van der Waals surface area contributed by atoms with E-state index in [1.807, 2.05) is 6.07 Å². The highest BCUT2D eigenvalue weighted by atomic mass is 79.9. The Morgan fingerprint density at radius 1 is 1.06 bits per heavy atom. The smallest absolute Gasteiger partial charge is 0.131 e. The first-order valence-electron chi connectivity index (χ1n) is 5.03. The van der Waals surface area contributed by atoms with E-state index in [1.165, 1.54) is 6.07 Å². The van der Waals surface area contributed by atoms with Gasteiger partial charge in [-0.05, 0) is 29.3 Å². The van der Waals surface area contributed by atoms with Crippen LogP contribution in [0.1, 0.15) is 5.56 Å². The molecule has 2 aromatic carbocycles. The molecule has 0 radical (unpaired) electrons. The Morgan fingerprint density at radius 2 is 1.67 bits per heavy atom. The highest BCUT2D eigenvalue weighted by molar-refractivity contribution is 9.08. The Morgan fingerprint density at radius 3 is 2.22 bits per heavy atom. The molecule has 0 aromatic heterocycles. The molecule has 0 N–H and O–H groups in total. The first-order valence-corrected chi connectivity index (χ1v) is 7.28. The van der Waals surface area contributed by atoms with E-state index in [-0.39, 0.29) is 10.8 Å². The van der Waals surface area contributed by atoms with E-state index in [9.17, 15) is 4.39 Å². The summed E-state index contributed by atoms with van der Waals surface area (Å²) in [7, 11) is 0. The summed E-state index contributed by atoms with van der Waals surface area (Å²) < 4.78 is 13.9. The fraction of sp³-hybridized carbons (Fsp3) is 0.0769. The fourth-order valence-electron chi connectivity index (χ4n) is 1.70. The Bertz CT molecular complexity index is 576. The molecule has 0 fully saturated rings. The highest BCUT2D eigenvalue weighted by Crippen LogP contribution is 2.37. The van der Waals surface area contributed by atoms with Crippen molar-refractivity contribution in [3.05, 3.63) is 56.8 Å². The SMILES string of the molecule is Fc1cccc(CBr)c1-c1cc(Cl)c(Cl)c(Cl)c1. The maximum Gasteiger partial charge on any atom is 0.131 e. The molecular weight excluding hydrogens is 361 g/mol. The number of halogens is 5. The van der Waals surface area contributed by atoms with Crippen LogP contribution in [-0.2, 0) is 5.33 Å². The van der Waals surface area contributed by atoms with Crippen molar-refractivity contribution < 1.29 is 4.39 Å². The van der Waals surface area contributed by atoms with Gasteiger partial charge in [0.15, 0.2) is 0 Å². The van der Waals surface area contributed by atoms with Crippen LogP contribution in [0.15, 0.2) is 30.3 Å². The molecule has 0 heterocycles. The van der Waals surface area contributed by atoms with E-state index >= 15 is 0 Å². The van der Waals surface area contributed by atoms with Crippen LogP contribution in [0, 0.1) is 5.82 Å². The highest BCUT2D eigenvalue weighted by Gasteiger charge is 2.13. The van der Waals surface area contributed by atoms with Gasteiger partial charge in [-0.1, -0.05) is 62.9 Å². The summed E-state index contributed by atoms with van der Waals surface area (Å²) in [6.45, 7) is 0. The topological polar surface area (TPSA) is 0 Å². The van der Waals surface area contributed by atoms with Crippen LogP contribution in [0.2, 0.25) is 15.1 Å². The molecular formula is C13H7BrCl3F. The number of hydrogen-bond donors (Lipinski definition) is 0. The molecule has 0 unspecified atom stereocenters. The maximum atomic E-state index is 13.9. The zero-order valence-electron chi connectivity index (χ0n) is 8.98. The Balaban J connectivity index is 2.69. The predicted molar refractivity (Wildman–Crippen MR) is 79.5 cm³/mol. The van der Waals surface area contributed by atoms with Gasteiger partial charge in [-0.2, -0.15) is 0 Å². The van der Waals surface area contributed by atoms with Gasteiger partial charge in [-0.15, -0.1) is 0 Å². The third-order valence-electron chi connectivity index (χ3n) is 2.52. The summed E-state index contributed by atoms with van der Waals surface area (Å²) in [5, 5.41) is 1.43. The van der Waals surface area contributed by atoms with Crippen molar-refractivity contribution in [1.82, 2.24) is 0 Å². The zero-order chi connectivity index (χ0) is 13.3. The zero-order valence-corrected chi connectivity index (χ0v) is 12.8. The lowest BCUT2D eigenvalue weighted by Gasteiger charge is -2.10. The van der Waals surface area contributed by atoms with Crippen molar-refractivity contribution in [3.8, 4) is 11.1 Å². The van der Waals surface area contributed by atoms with Crippen molar-refractivity contribution in [3.63, 3.8) is 0 Å². The van der Waals surface area contributed by atoms with Crippen LogP contribution >= 0.6 is 50.7 Å². The van der Waals surface area contributed by atoms with E-state index < -0.39 is 0 Å². The van der Waals surface area contributed by atoms with Crippen LogP contribution in [0.25, 0.3) is 11.1 Å². The average molecular weight is 368 g/mol. The van der Waals surface area contributed by atoms with Crippen molar-refractivity contribution in [2.24, 2.45) is 0 Å². The van der Waals surface area contributed by atoms with Gasteiger partial charge in [-0.25, -0.2) is 4.39 Å². The van der Waals surface area contributed by atoms with Gasteiger partial charge in [0, 0.05) is 10.9 Å². The lowest BCUT2D eigenvalue weighted by molar-refractivity contribution is 0.630. The molecule has 5 heteroatoms. The third-order valence-corrected chi connectivity index (χ3v) is 4.32. The third kappa shape index (κ3) is 2.67. The van der Waals surface area contributed by atoms with Crippen molar-refractivity contribution in [2.45, 2.75) is 5.33 Å². The molecule has 0 bridgehead atoms. The quantitative estimate of drug-likeness (QED) is 0.428. The summed E-state index contributed by atoms with van der Waals surface area (Å²) >= 11 is 21.1. The van der Waals surface area contributed by atoms with Gasteiger partial charge in [0.2, 0.25) is 0 Å². The van der Waals surface area contributed by atoms with Gasteiger partial charge < -0.3 is 0 Å². The van der Waals surface area contributed by atoms with Crippen LogP contribution in [-0.4, -0.2) is 0 Å². The van der Waals surface area contributed by atoms with Crippen LogP contribution in [0.4, 0.5) is 4.39 Å². The van der Waals surface area contributed by atoms with Crippen molar-refractivity contribution >= 4 is 50.7 Å². The normalized spacial score (nSPS) is 10.7. The van der Waals surface area contributed by atoms with Crippen molar-refractivity contribution in [1.29, 1.82) is 0 Å². The van der Waals surface area contributed by atoms with E-state index in [2.05, 4.69) is 15.9 Å². The summed E-state index contributed by atoms with van der Waals surface area (Å²) in [4.78, 5) is 0. The summed E-state index contributed by atoms with van der Waals surface area (Å²) in [6, 6.07) is 8.12. The molecule has 2 aromatic rings. The molecule has 0 saturated carbocycles. The van der Waals surface area contributed by atoms with Crippen LogP contribution < -0.4 is 0 Å². The van der Waals surface area contributed by atoms with E-state index in [4.69, 9.17) is 34.8 Å². The molecule has 0 atom stereocenters. The standard InChI is InChI=1S/C13H7BrCl3F/c14-6-7-2-1-3-11(18)12(7)8-4-9(15)13(17)10(16)5-8/h1-5H,6H2. The Labute approximate surface area is 128 Å². The molecule has 0 saturated heterocycles. The minimum Gasteiger partial charge on any atom is -0.206 e. The van der Waals surface area contributed by atoms with Gasteiger partial charge in [-0.3, -0.25) is 0 Å². The molecule has 0 aliphatic heterocycles. The monoisotopic (exact) mass is 366 g/mol. The van der Waals surface area contributed by atoms with Crippen LogP contribution in [0.5, 0.6) is 0 Å². The number of rotatable bonds is 2. The second-order valence-electron chi connectivity index (χ2n) is 3.66. The van der Waals surface area contributed by atoms with Gasteiger partial charge in [0.05, 0.1) is 15.1 Å². The van der Waals surface area contributed by atoms with Crippen molar-refractivity contribution in [2.75, 3.05) is 0 Å². The summed E-state index contributed by atoms with van der Waals surface area (Å²) in [5.41, 5.74) is 1.92. The van der Waals surface area contributed by atoms with Crippen LogP contribution in [0.3, 0.4) is 0 Å². The van der Waals surface area contributed by atoms with E-state index in [0.717, 1.165) is 5.56 Å². The molecule has 0 aliphatic rings. The van der Waals surface area contributed by atoms with E-state index in [1.54, 1.807) is 18.2 Å². The largest absolute Gasteiger partial charge is 0.206 e. The number of hydrogen-bond acceptors (Lipinski definition) is 0.